The molecule has 4 rings (SSSR count). The molecule has 0 aliphatic heterocycles. The number of nitrogens with one attached hydrogen (secondary N) is 1. The minimum absolute atomic E-state index is 0.364. The van der Waals surface area contributed by atoms with Gasteiger partial charge < -0.3 is 14.8 Å². The van der Waals surface area contributed by atoms with E-state index in [2.05, 4.69) is 10.3 Å². The SMILES string of the molecule is COc1cccc(NC(=O)[C@H](OC(=O)c2cc(C)nc3ccccc23)c2ccccc2)c1. The Kier molecular flexibility index (Phi) is 6.12. The highest BCUT2D eigenvalue weighted by molar-refractivity contribution is 6.05. The molecule has 6 heteroatoms. The predicted octanol–water partition coefficient (Wildman–Crippen LogP) is 5.09. The molecule has 0 unspecified atom stereocenters. The van der Waals surface area contributed by atoms with Gasteiger partial charge in [-0.05, 0) is 31.2 Å². The number of nitrogens with zero attached hydrogens (tertiary/aromatic N) is 1. The van der Waals surface area contributed by atoms with Crippen molar-refractivity contribution in [2.45, 2.75) is 13.0 Å². The van der Waals surface area contributed by atoms with Gasteiger partial charge >= 0.3 is 5.97 Å². The number of carbonyl (C=O) groups excluding carboxylic acids is 2. The van der Waals surface area contributed by atoms with Gasteiger partial charge in [-0.1, -0.05) is 54.6 Å². The van der Waals surface area contributed by atoms with Crippen LogP contribution in [0.15, 0.2) is 84.9 Å². The third-order valence-electron chi connectivity index (χ3n) is 4.97. The number of anilines is 1. The zero-order valence-corrected chi connectivity index (χ0v) is 17.7. The lowest BCUT2D eigenvalue weighted by Crippen LogP contribution is -2.26. The molecule has 0 aliphatic carbocycles. The largest absolute Gasteiger partial charge is 0.497 e. The van der Waals surface area contributed by atoms with Gasteiger partial charge in [0, 0.05) is 28.4 Å². The van der Waals surface area contributed by atoms with Crippen molar-refractivity contribution >= 4 is 28.5 Å². The zero-order valence-electron chi connectivity index (χ0n) is 17.7. The van der Waals surface area contributed by atoms with Crippen molar-refractivity contribution in [1.82, 2.24) is 4.98 Å². The summed E-state index contributed by atoms with van der Waals surface area (Å²) >= 11 is 0. The van der Waals surface area contributed by atoms with E-state index in [1.165, 1.54) is 0 Å². The number of ether oxygens (including phenoxy) is 2. The topological polar surface area (TPSA) is 77.5 Å². The minimum atomic E-state index is -1.14. The molecule has 160 valence electrons. The summed E-state index contributed by atoms with van der Waals surface area (Å²) in [7, 11) is 1.55. The monoisotopic (exact) mass is 426 g/mol. The van der Waals surface area contributed by atoms with E-state index in [0.717, 1.165) is 0 Å². The van der Waals surface area contributed by atoms with E-state index in [1.807, 2.05) is 37.3 Å². The van der Waals surface area contributed by atoms with Gasteiger partial charge in [0.2, 0.25) is 6.10 Å². The number of esters is 1. The maximum Gasteiger partial charge on any atom is 0.340 e. The molecule has 0 aliphatic rings. The van der Waals surface area contributed by atoms with Crippen molar-refractivity contribution < 1.29 is 19.1 Å². The van der Waals surface area contributed by atoms with Crippen LogP contribution in [0.3, 0.4) is 0 Å². The van der Waals surface area contributed by atoms with Crippen LogP contribution in [0, 0.1) is 6.92 Å². The third kappa shape index (κ3) is 4.59. The Morgan fingerprint density at radius 3 is 2.44 bits per heavy atom. The van der Waals surface area contributed by atoms with Crippen LogP contribution >= 0.6 is 0 Å². The number of rotatable bonds is 6. The number of hydrogen-bond acceptors (Lipinski definition) is 5. The molecule has 0 bridgehead atoms. The standard InChI is InChI=1S/C26H22N2O4/c1-17-15-22(21-13-6-7-14-23(21)27-17)26(30)32-24(18-9-4-3-5-10-18)25(29)28-19-11-8-12-20(16-19)31-2/h3-16,24H,1-2H3,(H,28,29)/t24-/m1/s1. The van der Waals surface area contributed by atoms with Gasteiger partial charge in [-0.15, -0.1) is 0 Å². The third-order valence-corrected chi connectivity index (χ3v) is 4.97. The van der Waals surface area contributed by atoms with Crippen molar-refractivity contribution in [2.24, 2.45) is 0 Å². The molecule has 0 fully saturated rings. The van der Waals surface area contributed by atoms with Gasteiger partial charge in [-0.2, -0.15) is 0 Å². The van der Waals surface area contributed by atoms with Gasteiger partial charge in [0.25, 0.3) is 5.91 Å². The summed E-state index contributed by atoms with van der Waals surface area (Å²) in [6.07, 6.45) is -1.14. The first-order chi connectivity index (χ1) is 15.5. The number of carbonyl (C=O) groups is 2. The van der Waals surface area contributed by atoms with Crippen LogP contribution < -0.4 is 10.1 Å². The molecule has 3 aromatic carbocycles. The fraction of sp³-hybridized carbons (Fsp3) is 0.115. The van der Waals surface area contributed by atoms with Gasteiger partial charge in [-0.3, -0.25) is 9.78 Å². The quantitative estimate of drug-likeness (QED) is 0.435. The Hall–Kier alpha value is -4.19. The number of pyridine rings is 1. The highest BCUT2D eigenvalue weighted by Crippen LogP contribution is 2.26. The van der Waals surface area contributed by atoms with Crippen LogP contribution in [0.1, 0.15) is 27.7 Å². The highest BCUT2D eigenvalue weighted by Gasteiger charge is 2.27. The summed E-state index contributed by atoms with van der Waals surface area (Å²) in [4.78, 5) is 30.8. The summed E-state index contributed by atoms with van der Waals surface area (Å²) in [6, 6.07) is 24.9. The van der Waals surface area contributed by atoms with E-state index in [4.69, 9.17) is 9.47 Å². The van der Waals surface area contributed by atoms with Crippen molar-refractivity contribution in [3.8, 4) is 5.75 Å². The lowest BCUT2D eigenvalue weighted by molar-refractivity contribution is -0.125. The number of para-hydroxylation sites is 1. The minimum Gasteiger partial charge on any atom is -0.497 e. The molecule has 4 aromatic rings. The fourth-order valence-electron chi connectivity index (χ4n) is 3.46. The van der Waals surface area contributed by atoms with Crippen LogP contribution in [0.5, 0.6) is 5.75 Å². The molecule has 1 amide bonds. The summed E-state index contributed by atoms with van der Waals surface area (Å²) in [5.74, 6) is -0.455. The normalized spacial score (nSPS) is 11.6. The summed E-state index contributed by atoms with van der Waals surface area (Å²) in [5.41, 5.74) is 2.85. The Bertz CT molecular complexity index is 1270. The van der Waals surface area contributed by atoms with E-state index in [1.54, 1.807) is 61.7 Å². The lowest BCUT2D eigenvalue weighted by Gasteiger charge is -2.19. The molecular formula is C26H22N2O4. The van der Waals surface area contributed by atoms with Gasteiger partial charge in [0.15, 0.2) is 0 Å². The van der Waals surface area contributed by atoms with E-state index >= 15 is 0 Å². The first-order valence-electron chi connectivity index (χ1n) is 10.1. The molecule has 0 spiro atoms. The van der Waals surface area contributed by atoms with Crippen molar-refractivity contribution in [3.63, 3.8) is 0 Å². The molecule has 1 atom stereocenters. The number of benzene rings is 3. The zero-order chi connectivity index (χ0) is 22.5. The first kappa shape index (κ1) is 21.1. The Morgan fingerprint density at radius 1 is 0.906 bits per heavy atom. The molecule has 6 nitrogen and oxygen atoms in total. The number of hydrogen-bond donors (Lipinski definition) is 1. The number of fused-ring (bicyclic) bond motifs is 1. The highest BCUT2D eigenvalue weighted by atomic mass is 16.5. The Balaban J connectivity index is 1.66. The van der Waals surface area contributed by atoms with Gasteiger partial charge in [-0.25, -0.2) is 4.79 Å². The lowest BCUT2D eigenvalue weighted by atomic mass is 10.1. The summed E-state index contributed by atoms with van der Waals surface area (Å²) < 4.78 is 11.0. The van der Waals surface area contributed by atoms with Crippen LogP contribution in [-0.2, 0) is 9.53 Å². The predicted molar refractivity (Wildman–Crippen MR) is 123 cm³/mol. The van der Waals surface area contributed by atoms with E-state index < -0.39 is 18.0 Å². The Morgan fingerprint density at radius 2 is 1.66 bits per heavy atom. The van der Waals surface area contributed by atoms with Gasteiger partial charge in [0.05, 0.1) is 18.2 Å². The first-order valence-corrected chi connectivity index (χ1v) is 10.1. The summed E-state index contributed by atoms with van der Waals surface area (Å²) in [5, 5.41) is 3.48. The van der Waals surface area contributed by atoms with E-state index in [0.29, 0.717) is 39.2 Å². The second kappa shape index (κ2) is 9.31. The van der Waals surface area contributed by atoms with Crippen LogP contribution in [0.4, 0.5) is 5.69 Å². The average Bonchev–Trinajstić information content (AvgIpc) is 2.82. The fourth-order valence-corrected chi connectivity index (χ4v) is 3.46. The molecule has 32 heavy (non-hydrogen) atoms. The van der Waals surface area contributed by atoms with Crippen LogP contribution in [-0.4, -0.2) is 24.0 Å². The molecule has 0 saturated carbocycles. The number of aryl methyl sites for hydroxylation is 1. The smallest absolute Gasteiger partial charge is 0.340 e. The second-order valence-corrected chi connectivity index (χ2v) is 7.25. The van der Waals surface area contributed by atoms with Crippen molar-refractivity contribution in [1.29, 1.82) is 0 Å². The van der Waals surface area contributed by atoms with Gasteiger partial charge in [0.1, 0.15) is 5.75 Å². The molecule has 1 N–H and O–H groups in total. The number of aromatic nitrogens is 1. The molecular weight excluding hydrogens is 404 g/mol. The van der Waals surface area contributed by atoms with Crippen molar-refractivity contribution in [2.75, 3.05) is 12.4 Å². The molecule has 0 radical (unpaired) electrons. The van der Waals surface area contributed by atoms with E-state index in [-0.39, 0.29) is 0 Å². The number of amides is 1. The maximum absolute atomic E-state index is 13.2. The maximum atomic E-state index is 13.2. The van der Waals surface area contributed by atoms with Crippen molar-refractivity contribution in [3.05, 3.63) is 102 Å². The molecule has 0 saturated heterocycles. The summed E-state index contributed by atoms with van der Waals surface area (Å²) in [6.45, 7) is 1.81. The molecule has 1 aromatic heterocycles. The van der Waals surface area contributed by atoms with Crippen LogP contribution in [0.25, 0.3) is 10.9 Å². The average molecular weight is 426 g/mol. The van der Waals surface area contributed by atoms with Crippen LogP contribution in [0.2, 0.25) is 0 Å². The Labute approximate surface area is 185 Å². The molecule has 1 heterocycles. The van der Waals surface area contributed by atoms with E-state index in [9.17, 15) is 9.59 Å². The number of methoxy groups -OCH3 is 1. The second-order valence-electron chi connectivity index (χ2n) is 7.25.